The summed E-state index contributed by atoms with van der Waals surface area (Å²) in [6, 6.07) is 14.0. The fourth-order valence-corrected chi connectivity index (χ4v) is 2.01. The molecule has 6 nitrogen and oxygen atoms in total. The number of anilines is 1. The van der Waals surface area contributed by atoms with Crippen LogP contribution >= 0.6 is 12.4 Å². The molecular weight excluding hydrogens is 332 g/mol. The number of carbonyl (C=O) groups excluding carboxylic acids is 2. The summed E-state index contributed by atoms with van der Waals surface area (Å²) >= 11 is 0. The van der Waals surface area contributed by atoms with Gasteiger partial charge in [0, 0.05) is 18.3 Å². The number of phenols is 1. The lowest BCUT2D eigenvalue weighted by atomic mass is 10.2. The van der Waals surface area contributed by atoms with Crippen molar-refractivity contribution in [1.82, 2.24) is 5.32 Å². The van der Waals surface area contributed by atoms with Gasteiger partial charge in [0.15, 0.2) is 0 Å². The van der Waals surface area contributed by atoms with Crippen molar-refractivity contribution >= 4 is 30.0 Å². The number of ether oxygens (including phenoxy) is 1. The Labute approximate surface area is 146 Å². The molecule has 2 aromatic carbocycles. The van der Waals surface area contributed by atoms with Gasteiger partial charge in [-0.15, -0.1) is 12.4 Å². The third kappa shape index (κ3) is 5.57. The van der Waals surface area contributed by atoms with Crippen molar-refractivity contribution in [2.75, 3.05) is 19.0 Å². The number of methoxy groups -OCH3 is 1. The molecule has 0 saturated carbocycles. The largest absolute Gasteiger partial charge is 0.507 e. The SMILES string of the molecule is COC(=O)c1ccc(NC(=O)CNCc2ccccc2)cc1O.Cl. The number of aromatic hydroxyl groups is 1. The van der Waals surface area contributed by atoms with Crippen LogP contribution in [0.15, 0.2) is 48.5 Å². The van der Waals surface area contributed by atoms with Gasteiger partial charge in [0.25, 0.3) is 0 Å². The van der Waals surface area contributed by atoms with E-state index in [1.165, 1.54) is 25.3 Å². The molecule has 0 aliphatic carbocycles. The van der Waals surface area contributed by atoms with Crippen LogP contribution in [0.1, 0.15) is 15.9 Å². The smallest absolute Gasteiger partial charge is 0.341 e. The first-order valence-corrected chi connectivity index (χ1v) is 7.06. The summed E-state index contributed by atoms with van der Waals surface area (Å²) in [6.45, 7) is 0.717. The van der Waals surface area contributed by atoms with Crippen LogP contribution < -0.4 is 10.6 Å². The summed E-state index contributed by atoms with van der Waals surface area (Å²) in [4.78, 5) is 23.2. The Morgan fingerprint density at radius 2 is 1.83 bits per heavy atom. The van der Waals surface area contributed by atoms with Crippen molar-refractivity contribution in [2.45, 2.75) is 6.54 Å². The average Bonchev–Trinajstić information content (AvgIpc) is 2.55. The van der Waals surface area contributed by atoms with Gasteiger partial charge in [0.05, 0.1) is 13.7 Å². The van der Waals surface area contributed by atoms with E-state index >= 15 is 0 Å². The number of phenolic OH excluding ortho intramolecular Hbond substituents is 1. The standard InChI is InChI=1S/C17H18N2O4.ClH/c1-23-17(22)14-8-7-13(9-15(14)20)19-16(21)11-18-10-12-5-3-2-4-6-12;/h2-9,18,20H,10-11H2,1H3,(H,19,21);1H. The van der Waals surface area contributed by atoms with E-state index < -0.39 is 5.97 Å². The maximum absolute atomic E-state index is 11.8. The molecule has 0 unspecified atom stereocenters. The van der Waals surface area contributed by atoms with Gasteiger partial charge < -0.3 is 20.5 Å². The molecule has 1 amide bonds. The lowest BCUT2D eigenvalue weighted by Crippen LogP contribution is -2.27. The van der Waals surface area contributed by atoms with Gasteiger partial charge in [-0.3, -0.25) is 4.79 Å². The second kappa shape index (κ2) is 9.54. The van der Waals surface area contributed by atoms with Gasteiger partial charge in [-0.2, -0.15) is 0 Å². The van der Waals surface area contributed by atoms with Gasteiger partial charge in [-0.25, -0.2) is 4.79 Å². The van der Waals surface area contributed by atoms with E-state index in [0.717, 1.165) is 5.56 Å². The molecule has 0 atom stereocenters. The van der Waals surface area contributed by atoms with Gasteiger partial charge in [0.1, 0.15) is 11.3 Å². The molecule has 0 saturated heterocycles. The van der Waals surface area contributed by atoms with E-state index in [1.807, 2.05) is 30.3 Å². The summed E-state index contributed by atoms with van der Waals surface area (Å²) < 4.78 is 4.54. The Kier molecular flexibility index (Phi) is 7.74. The van der Waals surface area contributed by atoms with Crippen molar-refractivity contribution in [3.63, 3.8) is 0 Å². The number of benzene rings is 2. The first kappa shape index (κ1) is 19.5. The molecule has 0 spiro atoms. The van der Waals surface area contributed by atoms with Gasteiger partial charge in [0.2, 0.25) is 5.91 Å². The highest BCUT2D eigenvalue weighted by molar-refractivity contribution is 5.95. The average molecular weight is 351 g/mol. The maximum atomic E-state index is 11.8. The van der Waals surface area contributed by atoms with Crippen LogP contribution in [0.5, 0.6) is 5.75 Å². The third-order valence-corrected chi connectivity index (χ3v) is 3.14. The summed E-state index contributed by atoms with van der Waals surface area (Å²) in [6.07, 6.45) is 0. The molecule has 0 aliphatic heterocycles. The highest BCUT2D eigenvalue weighted by atomic mass is 35.5. The summed E-state index contributed by atoms with van der Waals surface area (Å²) in [7, 11) is 1.23. The van der Waals surface area contributed by atoms with E-state index in [2.05, 4.69) is 15.4 Å². The molecule has 0 bridgehead atoms. The van der Waals surface area contributed by atoms with Crippen LogP contribution in [0.3, 0.4) is 0 Å². The fourth-order valence-electron chi connectivity index (χ4n) is 2.01. The molecule has 0 radical (unpaired) electrons. The number of rotatable bonds is 6. The number of halogens is 1. The van der Waals surface area contributed by atoms with Gasteiger partial charge in [-0.05, 0) is 17.7 Å². The van der Waals surface area contributed by atoms with E-state index in [1.54, 1.807) is 0 Å². The van der Waals surface area contributed by atoms with Crippen LogP contribution in [0, 0.1) is 0 Å². The number of hydrogen-bond donors (Lipinski definition) is 3. The minimum atomic E-state index is -0.634. The Hall–Kier alpha value is -2.57. The van der Waals surface area contributed by atoms with Crippen molar-refractivity contribution in [1.29, 1.82) is 0 Å². The lowest BCUT2D eigenvalue weighted by molar-refractivity contribution is -0.115. The zero-order chi connectivity index (χ0) is 16.7. The minimum absolute atomic E-state index is 0. The Morgan fingerprint density at radius 3 is 2.46 bits per heavy atom. The van der Waals surface area contributed by atoms with Crippen LogP contribution in [0.25, 0.3) is 0 Å². The van der Waals surface area contributed by atoms with Crippen LogP contribution in [0.4, 0.5) is 5.69 Å². The molecule has 0 aromatic heterocycles. The lowest BCUT2D eigenvalue weighted by Gasteiger charge is -2.09. The summed E-state index contributed by atoms with van der Waals surface area (Å²) in [5.74, 6) is -1.12. The van der Waals surface area contributed by atoms with Crippen molar-refractivity contribution in [3.8, 4) is 5.75 Å². The minimum Gasteiger partial charge on any atom is -0.507 e. The van der Waals surface area contributed by atoms with Crippen LogP contribution in [-0.4, -0.2) is 30.6 Å². The molecule has 128 valence electrons. The number of carbonyl (C=O) groups is 2. The summed E-state index contributed by atoms with van der Waals surface area (Å²) in [5.41, 5.74) is 1.54. The quantitative estimate of drug-likeness (QED) is 0.696. The highest BCUT2D eigenvalue weighted by Crippen LogP contribution is 2.22. The summed E-state index contributed by atoms with van der Waals surface area (Å²) in [5, 5.41) is 15.4. The Balaban J connectivity index is 0.00000288. The van der Waals surface area contributed by atoms with Crippen molar-refractivity contribution < 1.29 is 19.4 Å². The van der Waals surface area contributed by atoms with Crippen LogP contribution in [-0.2, 0) is 16.1 Å². The second-order valence-corrected chi connectivity index (χ2v) is 4.86. The third-order valence-electron chi connectivity index (χ3n) is 3.14. The predicted octanol–water partition coefficient (Wildman–Crippen LogP) is 2.33. The normalized spacial score (nSPS) is 9.71. The number of amides is 1. The van der Waals surface area contributed by atoms with E-state index in [-0.39, 0.29) is 36.2 Å². The highest BCUT2D eigenvalue weighted by Gasteiger charge is 2.12. The number of hydrogen-bond acceptors (Lipinski definition) is 5. The molecule has 0 fully saturated rings. The monoisotopic (exact) mass is 350 g/mol. The maximum Gasteiger partial charge on any atom is 0.341 e. The fraction of sp³-hybridized carbons (Fsp3) is 0.176. The van der Waals surface area contributed by atoms with E-state index in [0.29, 0.717) is 12.2 Å². The molecular formula is C17H19ClN2O4. The van der Waals surface area contributed by atoms with Crippen molar-refractivity contribution in [3.05, 3.63) is 59.7 Å². The number of nitrogens with one attached hydrogen (secondary N) is 2. The van der Waals surface area contributed by atoms with E-state index in [4.69, 9.17) is 0 Å². The first-order chi connectivity index (χ1) is 11.1. The molecule has 3 N–H and O–H groups in total. The zero-order valence-corrected chi connectivity index (χ0v) is 13.9. The zero-order valence-electron chi connectivity index (χ0n) is 13.1. The van der Waals surface area contributed by atoms with E-state index in [9.17, 15) is 14.7 Å². The molecule has 2 rings (SSSR count). The molecule has 0 heterocycles. The van der Waals surface area contributed by atoms with Crippen molar-refractivity contribution in [2.24, 2.45) is 0 Å². The Morgan fingerprint density at radius 1 is 1.12 bits per heavy atom. The molecule has 0 aliphatic rings. The molecule has 2 aromatic rings. The predicted molar refractivity (Wildman–Crippen MR) is 93.5 cm³/mol. The van der Waals surface area contributed by atoms with Crippen LogP contribution in [0.2, 0.25) is 0 Å². The van der Waals surface area contributed by atoms with Gasteiger partial charge in [-0.1, -0.05) is 30.3 Å². The molecule has 24 heavy (non-hydrogen) atoms. The topological polar surface area (TPSA) is 87.7 Å². The second-order valence-electron chi connectivity index (χ2n) is 4.86. The molecule has 7 heteroatoms. The number of esters is 1. The Bertz CT molecular complexity index is 692. The van der Waals surface area contributed by atoms with Gasteiger partial charge >= 0.3 is 5.97 Å². The first-order valence-electron chi connectivity index (χ1n) is 7.06.